The van der Waals surface area contributed by atoms with E-state index >= 15 is 0 Å². The molecule has 0 unspecified atom stereocenters. The molecule has 0 spiro atoms. The highest BCUT2D eigenvalue weighted by Gasteiger charge is 2.12. The minimum absolute atomic E-state index is 0.119. The number of benzene rings is 1. The van der Waals surface area contributed by atoms with Crippen molar-refractivity contribution in [3.63, 3.8) is 0 Å². The first-order valence-corrected chi connectivity index (χ1v) is 6.03. The van der Waals surface area contributed by atoms with Crippen LogP contribution in [0.25, 0.3) is 0 Å². The molecular weight excluding hydrogens is 264 g/mol. The van der Waals surface area contributed by atoms with E-state index < -0.39 is 11.6 Å². The SMILES string of the molecule is CC(C)(C)Nc1nncc(Nc2ccc(F)cc2F)n1. The van der Waals surface area contributed by atoms with Gasteiger partial charge in [-0.3, -0.25) is 0 Å². The fraction of sp³-hybridized carbons (Fsp3) is 0.308. The van der Waals surface area contributed by atoms with Gasteiger partial charge in [-0.05, 0) is 32.9 Å². The van der Waals surface area contributed by atoms with Crippen molar-refractivity contribution in [1.82, 2.24) is 15.2 Å². The molecule has 106 valence electrons. The molecule has 7 heteroatoms. The predicted molar refractivity (Wildman–Crippen MR) is 72.8 cm³/mol. The van der Waals surface area contributed by atoms with E-state index in [1.54, 1.807) is 0 Å². The van der Waals surface area contributed by atoms with E-state index in [9.17, 15) is 8.78 Å². The molecule has 0 amide bonds. The second-order valence-corrected chi connectivity index (χ2v) is 5.29. The molecule has 2 rings (SSSR count). The summed E-state index contributed by atoms with van der Waals surface area (Å²) in [5, 5.41) is 13.4. The van der Waals surface area contributed by atoms with E-state index in [2.05, 4.69) is 25.8 Å². The summed E-state index contributed by atoms with van der Waals surface area (Å²) in [6.07, 6.45) is 1.36. The third-order valence-electron chi connectivity index (χ3n) is 2.24. The fourth-order valence-corrected chi connectivity index (χ4v) is 1.48. The van der Waals surface area contributed by atoms with E-state index in [0.29, 0.717) is 11.8 Å². The molecule has 0 saturated heterocycles. The highest BCUT2D eigenvalue weighted by Crippen LogP contribution is 2.19. The van der Waals surface area contributed by atoms with Crippen LogP contribution in [0.4, 0.5) is 26.2 Å². The molecular formula is C13H15F2N5. The lowest BCUT2D eigenvalue weighted by atomic mass is 10.1. The molecule has 1 aromatic carbocycles. The summed E-state index contributed by atoms with van der Waals surface area (Å²) in [7, 11) is 0. The zero-order chi connectivity index (χ0) is 14.8. The Morgan fingerprint density at radius 2 is 1.90 bits per heavy atom. The molecule has 5 nitrogen and oxygen atoms in total. The molecule has 1 aromatic heterocycles. The summed E-state index contributed by atoms with van der Waals surface area (Å²) in [6, 6.07) is 3.25. The molecule has 0 saturated carbocycles. The van der Waals surface area contributed by atoms with E-state index in [1.165, 1.54) is 12.3 Å². The summed E-state index contributed by atoms with van der Waals surface area (Å²) >= 11 is 0. The van der Waals surface area contributed by atoms with Crippen LogP contribution in [0.5, 0.6) is 0 Å². The molecule has 0 atom stereocenters. The quantitative estimate of drug-likeness (QED) is 0.904. The number of nitrogens with zero attached hydrogens (tertiary/aromatic N) is 3. The zero-order valence-electron chi connectivity index (χ0n) is 11.4. The van der Waals surface area contributed by atoms with E-state index in [1.807, 2.05) is 20.8 Å². The lowest BCUT2D eigenvalue weighted by Crippen LogP contribution is -2.27. The normalized spacial score (nSPS) is 11.2. The molecule has 0 aliphatic heterocycles. The van der Waals surface area contributed by atoms with Crippen molar-refractivity contribution in [2.75, 3.05) is 10.6 Å². The first-order chi connectivity index (χ1) is 9.33. The Kier molecular flexibility index (Phi) is 3.78. The Bertz CT molecular complexity index is 610. The van der Waals surface area contributed by atoms with Gasteiger partial charge < -0.3 is 10.6 Å². The molecule has 0 fully saturated rings. The van der Waals surface area contributed by atoms with Crippen LogP contribution in [0.1, 0.15) is 20.8 Å². The Hall–Kier alpha value is -2.31. The van der Waals surface area contributed by atoms with Crippen molar-refractivity contribution >= 4 is 17.5 Å². The maximum atomic E-state index is 13.5. The Balaban J connectivity index is 2.19. The van der Waals surface area contributed by atoms with Gasteiger partial charge in [0.2, 0.25) is 5.95 Å². The van der Waals surface area contributed by atoms with Gasteiger partial charge in [-0.1, -0.05) is 0 Å². The minimum Gasteiger partial charge on any atom is -0.348 e. The standard InChI is InChI=1S/C13H15F2N5/c1-13(2,3)19-12-18-11(7-16-20-12)17-10-5-4-8(14)6-9(10)15/h4-7H,1-3H3,(H2,17,18,19,20). The highest BCUT2D eigenvalue weighted by atomic mass is 19.1. The largest absolute Gasteiger partial charge is 0.348 e. The maximum Gasteiger partial charge on any atom is 0.245 e. The average molecular weight is 279 g/mol. The van der Waals surface area contributed by atoms with Crippen LogP contribution >= 0.6 is 0 Å². The maximum absolute atomic E-state index is 13.5. The molecule has 2 N–H and O–H groups in total. The van der Waals surface area contributed by atoms with Crippen molar-refractivity contribution in [3.05, 3.63) is 36.0 Å². The molecule has 2 aromatic rings. The van der Waals surface area contributed by atoms with Crippen molar-refractivity contribution in [2.24, 2.45) is 0 Å². The fourth-order valence-electron chi connectivity index (χ4n) is 1.48. The molecule has 0 radical (unpaired) electrons. The number of hydrogen-bond donors (Lipinski definition) is 2. The van der Waals surface area contributed by atoms with Gasteiger partial charge in [0.05, 0.1) is 11.9 Å². The van der Waals surface area contributed by atoms with Crippen molar-refractivity contribution in [1.29, 1.82) is 0 Å². The Morgan fingerprint density at radius 1 is 1.15 bits per heavy atom. The smallest absolute Gasteiger partial charge is 0.245 e. The van der Waals surface area contributed by atoms with Crippen LogP contribution in [0.2, 0.25) is 0 Å². The third kappa shape index (κ3) is 3.84. The average Bonchev–Trinajstić information content (AvgIpc) is 2.31. The second kappa shape index (κ2) is 5.36. The van der Waals surface area contributed by atoms with Gasteiger partial charge >= 0.3 is 0 Å². The zero-order valence-corrected chi connectivity index (χ0v) is 11.4. The summed E-state index contributed by atoms with van der Waals surface area (Å²) < 4.78 is 26.3. The van der Waals surface area contributed by atoms with Gasteiger partial charge in [-0.2, -0.15) is 10.1 Å². The lowest BCUT2D eigenvalue weighted by molar-refractivity contribution is 0.586. The van der Waals surface area contributed by atoms with E-state index in [0.717, 1.165) is 12.1 Å². The summed E-state index contributed by atoms with van der Waals surface area (Å²) in [5.41, 5.74) is -0.102. The lowest BCUT2D eigenvalue weighted by Gasteiger charge is -2.20. The van der Waals surface area contributed by atoms with Crippen LogP contribution < -0.4 is 10.6 Å². The minimum atomic E-state index is -0.700. The van der Waals surface area contributed by atoms with Gasteiger partial charge in [0.15, 0.2) is 5.82 Å². The number of nitrogens with one attached hydrogen (secondary N) is 2. The first kappa shape index (κ1) is 14.1. The van der Waals surface area contributed by atoms with Crippen LogP contribution in [0.3, 0.4) is 0 Å². The highest BCUT2D eigenvalue weighted by molar-refractivity contribution is 5.56. The van der Waals surface area contributed by atoms with Gasteiger partial charge in [-0.25, -0.2) is 8.78 Å². The molecule has 0 aliphatic rings. The predicted octanol–water partition coefficient (Wildman–Crippen LogP) is 3.10. The summed E-state index contributed by atoms with van der Waals surface area (Å²) in [6.45, 7) is 5.86. The molecule has 0 aliphatic carbocycles. The summed E-state index contributed by atoms with van der Waals surface area (Å²) in [5.74, 6) is -0.694. The van der Waals surface area contributed by atoms with Crippen molar-refractivity contribution in [3.8, 4) is 0 Å². The Labute approximate surface area is 115 Å². The van der Waals surface area contributed by atoms with E-state index in [4.69, 9.17) is 0 Å². The number of rotatable bonds is 3. The number of halogens is 2. The molecule has 1 heterocycles. The number of anilines is 3. The van der Waals surface area contributed by atoms with Crippen LogP contribution in [-0.4, -0.2) is 20.7 Å². The van der Waals surface area contributed by atoms with Crippen LogP contribution in [0, 0.1) is 11.6 Å². The molecule has 0 bridgehead atoms. The van der Waals surface area contributed by atoms with E-state index in [-0.39, 0.29) is 11.2 Å². The molecule has 20 heavy (non-hydrogen) atoms. The second-order valence-electron chi connectivity index (χ2n) is 5.29. The van der Waals surface area contributed by atoms with Crippen LogP contribution in [0.15, 0.2) is 24.4 Å². The van der Waals surface area contributed by atoms with Gasteiger partial charge in [-0.15, -0.1) is 5.10 Å². The number of hydrogen-bond acceptors (Lipinski definition) is 5. The summed E-state index contributed by atoms with van der Waals surface area (Å²) in [4.78, 5) is 4.16. The van der Waals surface area contributed by atoms with Gasteiger partial charge in [0.25, 0.3) is 0 Å². The first-order valence-electron chi connectivity index (χ1n) is 6.03. The number of aromatic nitrogens is 3. The van der Waals surface area contributed by atoms with Crippen molar-refractivity contribution in [2.45, 2.75) is 26.3 Å². The van der Waals surface area contributed by atoms with Gasteiger partial charge in [0.1, 0.15) is 11.6 Å². The van der Waals surface area contributed by atoms with Crippen LogP contribution in [-0.2, 0) is 0 Å². The van der Waals surface area contributed by atoms with Gasteiger partial charge in [0, 0.05) is 11.6 Å². The monoisotopic (exact) mass is 279 g/mol. The third-order valence-corrected chi connectivity index (χ3v) is 2.24. The van der Waals surface area contributed by atoms with Crippen molar-refractivity contribution < 1.29 is 8.78 Å². The topological polar surface area (TPSA) is 62.7 Å². The Morgan fingerprint density at radius 3 is 2.55 bits per heavy atom.